The molecule has 1 aliphatic rings. The van der Waals surface area contributed by atoms with Crippen molar-refractivity contribution in [1.29, 1.82) is 0 Å². The van der Waals surface area contributed by atoms with Gasteiger partial charge in [0.2, 0.25) is 0 Å². The maximum absolute atomic E-state index is 10.6. The van der Waals surface area contributed by atoms with Crippen molar-refractivity contribution in [2.45, 2.75) is 25.0 Å². The van der Waals surface area contributed by atoms with Gasteiger partial charge in [0.05, 0.1) is 16.0 Å². The Balaban J connectivity index is 2.06. The van der Waals surface area contributed by atoms with Crippen LogP contribution in [0.4, 0.5) is 11.5 Å². The van der Waals surface area contributed by atoms with Crippen LogP contribution in [-0.4, -0.2) is 39.9 Å². The van der Waals surface area contributed by atoms with Crippen LogP contribution in [0.5, 0.6) is 0 Å². The van der Waals surface area contributed by atoms with Crippen LogP contribution in [0.2, 0.25) is 5.02 Å². The molecule has 1 saturated heterocycles. The number of pyridine rings is 1. The molecule has 0 saturated carbocycles. The predicted octanol–water partition coefficient (Wildman–Crippen LogP) is 1.59. The van der Waals surface area contributed by atoms with E-state index in [2.05, 4.69) is 10.3 Å². The number of aliphatic hydroxyl groups is 1. The zero-order valence-corrected chi connectivity index (χ0v) is 11.1. The molecule has 0 bridgehead atoms. The van der Waals surface area contributed by atoms with Crippen molar-refractivity contribution in [2.75, 3.05) is 18.5 Å². The molecule has 1 aromatic rings. The molecule has 1 aromatic heterocycles. The van der Waals surface area contributed by atoms with Gasteiger partial charge in [-0.1, -0.05) is 11.6 Å². The standard InChI is InChI=1S/C11H14ClN3O4/c1-7-11(16,2-3-19-7)6-14-10-9(12)4-8(5-13-10)15(17)18/h4-5,7,16H,2-3,6H2,1H3,(H,13,14). The zero-order valence-electron chi connectivity index (χ0n) is 10.3. The van der Waals surface area contributed by atoms with E-state index in [1.807, 2.05) is 0 Å². The number of nitrogens with zero attached hydrogens (tertiary/aromatic N) is 2. The van der Waals surface area contributed by atoms with Crippen molar-refractivity contribution < 1.29 is 14.8 Å². The van der Waals surface area contributed by atoms with Gasteiger partial charge in [0.15, 0.2) is 0 Å². The lowest BCUT2D eigenvalue weighted by Crippen LogP contribution is -2.43. The van der Waals surface area contributed by atoms with Crippen LogP contribution < -0.4 is 5.32 Å². The number of anilines is 1. The molecule has 7 nitrogen and oxygen atoms in total. The van der Waals surface area contributed by atoms with E-state index in [9.17, 15) is 15.2 Å². The van der Waals surface area contributed by atoms with Gasteiger partial charge in [0.25, 0.3) is 5.69 Å². The Bertz CT molecular complexity index is 499. The number of aromatic nitrogens is 1. The molecule has 2 atom stereocenters. The second-order valence-corrected chi connectivity index (χ2v) is 4.91. The fraction of sp³-hybridized carbons (Fsp3) is 0.545. The molecule has 0 spiro atoms. The second kappa shape index (κ2) is 5.28. The van der Waals surface area contributed by atoms with Gasteiger partial charge >= 0.3 is 0 Å². The van der Waals surface area contributed by atoms with Gasteiger partial charge in [-0.15, -0.1) is 0 Å². The van der Waals surface area contributed by atoms with Crippen molar-refractivity contribution >= 4 is 23.1 Å². The van der Waals surface area contributed by atoms with E-state index in [4.69, 9.17) is 16.3 Å². The van der Waals surface area contributed by atoms with Crippen molar-refractivity contribution in [3.8, 4) is 0 Å². The molecular weight excluding hydrogens is 274 g/mol. The SMILES string of the molecule is CC1OCCC1(O)CNc1ncc([N+](=O)[O-])cc1Cl. The van der Waals surface area contributed by atoms with E-state index >= 15 is 0 Å². The molecule has 2 unspecified atom stereocenters. The maximum atomic E-state index is 10.6. The molecule has 0 amide bonds. The quantitative estimate of drug-likeness (QED) is 0.645. The molecule has 2 N–H and O–H groups in total. The second-order valence-electron chi connectivity index (χ2n) is 4.50. The highest BCUT2D eigenvalue weighted by Gasteiger charge is 2.39. The van der Waals surface area contributed by atoms with Crippen LogP contribution in [0.1, 0.15) is 13.3 Å². The summed E-state index contributed by atoms with van der Waals surface area (Å²) in [5.41, 5.74) is -1.15. The van der Waals surface area contributed by atoms with Gasteiger partial charge in [-0.3, -0.25) is 10.1 Å². The van der Waals surface area contributed by atoms with Crippen molar-refractivity contribution in [2.24, 2.45) is 0 Å². The van der Waals surface area contributed by atoms with E-state index in [0.29, 0.717) is 18.8 Å². The monoisotopic (exact) mass is 287 g/mol. The number of halogens is 1. The first kappa shape index (κ1) is 14.0. The van der Waals surface area contributed by atoms with Crippen LogP contribution in [0, 0.1) is 10.1 Å². The van der Waals surface area contributed by atoms with Crippen LogP contribution in [-0.2, 0) is 4.74 Å². The van der Waals surface area contributed by atoms with E-state index in [1.165, 1.54) is 6.07 Å². The molecule has 104 valence electrons. The molecular formula is C11H14ClN3O4. The topological polar surface area (TPSA) is 97.5 Å². The number of hydrogen-bond acceptors (Lipinski definition) is 6. The summed E-state index contributed by atoms with van der Waals surface area (Å²) in [7, 11) is 0. The normalized spacial score (nSPS) is 26.4. The van der Waals surface area contributed by atoms with Crippen molar-refractivity contribution in [3.05, 3.63) is 27.4 Å². The van der Waals surface area contributed by atoms with Gasteiger partial charge in [-0.05, 0) is 6.92 Å². The average molecular weight is 288 g/mol. The van der Waals surface area contributed by atoms with E-state index in [1.54, 1.807) is 6.92 Å². The molecule has 2 rings (SSSR count). The third-order valence-electron chi connectivity index (χ3n) is 3.26. The number of ether oxygens (including phenoxy) is 1. The third kappa shape index (κ3) is 2.94. The largest absolute Gasteiger partial charge is 0.385 e. The summed E-state index contributed by atoms with van der Waals surface area (Å²) < 4.78 is 5.30. The molecule has 0 aromatic carbocycles. The van der Waals surface area contributed by atoms with Gasteiger partial charge < -0.3 is 15.2 Å². The molecule has 8 heteroatoms. The highest BCUT2D eigenvalue weighted by Crippen LogP contribution is 2.28. The number of nitrogens with one attached hydrogen (secondary N) is 1. The first-order valence-electron chi connectivity index (χ1n) is 5.80. The lowest BCUT2D eigenvalue weighted by molar-refractivity contribution is -0.385. The summed E-state index contributed by atoms with van der Waals surface area (Å²) in [4.78, 5) is 13.9. The Labute approximate surface area is 114 Å². The maximum Gasteiger partial charge on any atom is 0.289 e. The molecule has 19 heavy (non-hydrogen) atoms. The lowest BCUT2D eigenvalue weighted by atomic mass is 9.97. The van der Waals surface area contributed by atoms with Crippen LogP contribution >= 0.6 is 11.6 Å². The zero-order chi connectivity index (χ0) is 14.0. The molecule has 2 heterocycles. The fourth-order valence-electron chi connectivity index (χ4n) is 1.90. The third-order valence-corrected chi connectivity index (χ3v) is 3.55. The highest BCUT2D eigenvalue weighted by atomic mass is 35.5. The Morgan fingerprint density at radius 1 is 1.79 bits per heavy atom. The predicted molar refractivity (Wildman–Crippen MR) is 69.4 cm³/mol. The fourth-order valence-corrected chi connectivity index (χ4v) is 2.12. The number of nitro groups is 1. The lowest BCUT2D eigenvalue weighted by Gasteiger charge is -2.26. The smallest absolute Gasteiger partial charge is 0.289 e. The summed E-state index contributed by atoms with van der Waals surface area (Å²) in [5, 5.41) is 23.9. The minimum atomic E-state index is -0.979. The summed E-state index contributed by atoms with van der Waals surface area (Å²) in [6.07, 6.45) is 1.36. The van der Waals surface area contributed by atoms with Crippen LogP contribution in [0.3, 0.4) is 0 Å². The minimum Gasteiger partial charge on any atom is -0.385 e. The molecule has 1 fully saturated rings. The Morgan fingerprint density at radius 2 is 2.53 bits per heavy atom. The Kier molecular flexibility index (Phi) is 3.88. The Hall–Kier alpha value is -1.44. The van der Waals surface area contributed by atoms with Gasteiger partial charge in [0.1, 0.15) is 17.6 Å². The summed E-state index contributed by atoms with van der Waals surface area (Å²) in [6, 6.07) is 1.22. The van der Waals surface area contributed by atoms with Gasteiger partial charge in [-0.2, -0.15) is 0 Å². The molecule has 0 radical (unpaired) electrons. The summed E-state index contributed by atoms with van der Waals surface area (Å²) in [6.45, 7) is 2.51. The molecule has 0 aliphatic carbocycles. The number of hydrogen-bond donors (Lipinski definition) is 2. The van der Waals surface area contributed by atoms with Crippen molar-refractivity contribution in [3.63, 3.8) is 0 Å². The summed E-state index contributed by atoms with van der Waals surface area (Å²) >= 11 is 5.90. The van der Waals surface area contributed by atoms with Crippen molar-refractivity contribution in [1.82, 2.24) is 4.98 Å². The van der Waals surface area contributed by atoms with Gasteiger partial charge in [-0.25, -0.2) is 4.98 Å². The van der Waals surface area contributed by atoms with Crippen LogP contribution in [0.25, 0.3) is 0 Å². The van der Waals surface area contributed by atoms with E-state index in [-0.39, 0.29) is 23.4 Å². The van der Waals surface area contributed by atoms with Crippen LogP contribution in [0.15, 0.2) is 12.3 Å². The molecule has 1 aliphatic heterocycles. The summed E-state index contributed by atoms with van der Waals surface area (Å²) in [5.74, 6) is 0.305. The van der Waals surface area contributed by atoms with E-state index in [0.717, 1.165) is 6.20 Å². The first-order valence-corrected chi connectivity index (χ1v) is 6.18. The first-order chi connectivity index (χ1) is 8.92. The average Bonchev–Trinajstić information content (AvgIpc) is 2.68. The number of rotatable bonds is 4. The van der Waals surface area contributed by atoms with Gasteiger partial charge in [0, 0.05) is 25.6 Å². The Morgan fingerprint density at radius 3 is 3.05 bits per heavy atom. The minimum absolute atomic E-state index is 0.143. The highest BCUT2D eigenvalue weighted by molar-refractivity contribution is 6.33. The van der Waals surface area contributed by atoms with E-state index < -0.39 is 10.5 Å².